The predicted molar refractivity (Wildman–Crippen MR) is 95.9 cm³/mol. The van der Waals surface area contributed by atoms with Gasteiger partial charge in [-0.05, 0) is 19.1 Å². The lowest BCUT2D eigenvalue weighted by Crippen LogP contribution is -2.36. The summed E-state index contributed by atoms with van der Waals surface area (Å²) < 4.78 is 9.72. The van der Waals surface area contributed by atoms with Crippen LogP contribution >= 0.6 is 11.3 Å². The smallest absolute Gasteiger partial charge is 0.357 e. The Morgan fingerprint density at radius 1 is 1.24 bits per heavy atom. The Bertz CT molecular complexity index is 715. The van der Waals surface area contributed by atoms with Crippen LogP contribution in [0.4, 0.5) is 10.5 Å². The highest BCUT2D eigenvalue weighted by atomic mass is 32.1. The second-order valence-electron chi connectivity index (χ2n) is 5.33. The molecule has 0 saturated heterocycles. The molecule has 1 heterocycles. The van der Waals surface area contributed by atoms with Gasteiger partial charge in [-0.25, -0.2) is 14.6 Å². The zero-order valence-electron chi connectivity index (χ0n) is 14.4. The number of esters is 1. The molecule has 0 aliphatic carbocycles. The van der Waals surface area contributed by atoms with Crippen LogP contribution in [0.15, 0.2) is 29.6 Å². The highest BCUT2D eigenvalue weighted by molar-refractivity contribution is 7.09. The molecule has 0 atom stereocenters. The molecule has 134 valence electrons. The standard InChI is InChI=1S/C17H21N3O4S/c1-12-4-6-13(7-5-12)18-17(22)20(8-9-23-2)10-15-19-14(11-25-15)16(21)24-3/h4-7,11H,8-10H2,1-3H3,(H,18,22). The fourth-order valence-corrected chi connectivity index (χ4v) is 2.82. The molecule has 1 aromatic carbocycles. The average Bonchev–Trinajstić information content (AvgIpc) is 3.08. The van der Waals surface area contributed by atoms with Crippen molar-refractivity contribution in [1.29, 1.82) is 0 Å². The van der Waals surface area contributed by atoms with Crippen molar-refractivity contribution in [1.82, 2.24) is 9.88 Å². The number of urea groups is 1. The van der Waals surface area contributed by atoms with Crippen LogP contribution in [0.25, 0.3) is 0 Å². The molecule has 2 amide bonds. The van der Waals surface area contributed by atoms with Crippen molar-refractivity contribution in [3.05, 3.63) is 45.9 Å². The summed E-state index contributed by atoms with van der Waals surface area (Å²) in [6.45, 7) is 3.07. The molecule has 0 spiro atoms. The first-order chi connectivity index (χ1) is 12.0. The summed E-state index contributed by atoms with van der Waals surface area (Å²) in [6.07, 6.45) is 0. The van der Waals surface area contributed by atoms with Crippen LogP contribution in [-0.2, 0) is 16.0 Å². The van der Waals surface area contributed by atoms with E-state index in [2.05, 4.69) is 15.0 Å². The van der Waals surface area contributed by atoms with E-state index in [0.29, 0.717) is 23.8 Å². The van der Waals surface area contributed by atoms with Crippen LogP contribution < -0.4 is 5.32 Å². The number of amides is 2. The van der Waals surface area contributed by atoms with E-state index in [1.54, 1.807) is 17.4 Å². The Hall–Kier alpha value is -2.45. The van der Waals surface area contributed by atoms with Crippen molar-refractivity contribution in [2.24, 2.45) is 0 Å². The molecule has 0 saturated carbocycles. The Balaban J connectivity index is 2.06. The van der Waals surface area contributed by atoms with Crippen molar-refractivity contribution in [3.8, 4) is 0 Å². The maximum absolute atomic E-state index is 12.5. The van der Waals surface area contributed by atoms with Crippen LogP contribution in [0, 0.1) is 6.92 Å². The number of nitrogens with one attached hydrogen (secondary N) is 1. The van der Waals surface area contributed by atoms with Crippen molar-refractivity contribution in [2.45, 2.75) is 13.5 Å². The summed E-state index contributed by atoms with van der Waals surface area (Å²) >= 11 is 1.31. The molecule has 8 heteroatoms. The lowest BCUT2D eigenvalue weighted by molar-refractivity contribution is 0.0594. The summed E-state index contributed by atoms with van der Waals surface area (Å²) in [7, 11) is 2.88. The number of methoxy groups -OCH3 is 2. The SMILES string of the molecule is COCCN(Cc1nc(C(=O)OC)cs1)C(=O)Nc1ccc(C)cc1. The van der Waals surface area contributed by atoms with Gasteiger partial charge in [-0.1, -0.05) is 17.7 Å². The second kappa shape index (κ2) is 9.14. The molecular formula is C17H21N3O4S. The third-order valence-electron chi connectivity index (χ3n) is 3.43. The number of hydrogen-bond acceptors (Lipinski definition) is 6. The number of ether oxygens (including phenoxy) is 2. The molecule has 0 unspecified atom stereocenters. The largest absolute Gasteiger partial charge is 0.464 e. The average molecular weight is 363 g/mol. The minimum absolute atomic E-state index is 0.244. The number of anilines is 1. The van der Waals surface area contributed by atoms with E-state index in [9.17, 15) is 9.59 Å². The van der Waals surface area contributed by atoms with Gasteiger partial charge in [0.2, 0.25) is 0 Å². The van der Waals surface area contributed by atoms with Crippen molar-refractivity contribution >= 4 is 29.0 Å². The summed E-state index contributed by atoms with van der Waals surface area (Å²) in [5.41, 5.74) is 2.08. The maximum atomic E-state index is 12.5. The van der Waals surface area contributed by atoms with E-state index in [1.807, 2.05) is 31.2 Å². The number of thiazole rings is 1. The Labute approximate surface area is 150 Å². The van der Waals surface area contributed by atoms with Gasteiger partial charge in [-0.3, -0.25) is 0 Å². The van der Waals surface area contributed by atoms with Gasteiger partial charge in [-0.15, -0.1) is 11.3 Å². The quantitative estimate of drug-likeness (QED) is 0.765. The van der Waals surface area contributed by atoms with Gasteiger partial charge in [0.1, 0.15) is 5.01 Å². The lowest BCUT2D eigenvalue weighted by Gasteiger charge is -2.21. The van der Waals surface area contributed by atoms with E-state index in [4.69, 9.17) is 4.74 Å². The highest BCUT2D eigenvalue weighted by Gasteiger charge is 2.17. The van der Waals surface area contributed by atoms with Crippen molar-refractivity contribution in [2.75, 3.05) is 32.7 Å². The third-order valence-corrected chi connectivity index (χ3v) is 4.26. The molecular weight excluding hydrogens is 342 g/mol. The van der Waals surface area contributed by atoms with E-state index in [0.717, 1.165) is 5.56 Å². The van der Waals surface area contributed by atoms with E-state index < -0.39 is 5.97 Å². The molecule has 7 nitrogen and oxygen atoms in total. The monoisotopic (exact) mass is 363 g/mol. The Morgan fingerprint density at radius 3 is 2.60 bits per heavy atom. The van der Waals surface area contributed by atoms with Gasteiger partial charge in [0.05, 0.1) is 20.3 Å². The number of carbonyl (C=O) groups is 2. The molecule has 0 aliphatic rings. The van der Waals surface area contributed by atoms with Crippen LogP contribution in [-0.4, -0.2) is 49.3 Å². The number of nitrogens with zero attached hydrogens (tertiary/aromatic N) is 2. The van der Waals surface area contributed by atoms with Crippen LogP contribution in [0.3, 0.4) is 0 Å². The third kappa shape index (κ3) is 5.54. The van der Waals surface area contributed by atoms with Gasteiger partial charge >= 0.3 is 12.0 Å². The molecule has 2 rings (SSSR count). The summed E-state index contributed by atoms with van der Waals surface area (Å²) in [5.74, 6) is -0.491. The van der Waals surface area contributed by atoms with Crippen molar-refractivity contribution < 1.29 is 19.1 Å². The summed E-state index contributed by atoms with van der Waals surface area (Å²) in [5, 5.41) is 5.12. The number of aromatic nitrogens is 1. The molecule has 0 radical (unpaired) electrons. The van der Waals surface area contributed by atoms with Gasteiger partial charge in [0.25, 0.3) is 0 Å². The van der Waals surface area contributed by atoms with E-state index >= 15 is 0 Å². The highest BCUT2D eigenvalue weighted by Crippen LogP contribution is 2.15. The van der Waals surface area contributed by atoms with Gasteiger partial charge in [0.15, 0.2) is 5.69 Å². The summed E-state index contributed by atoms with van der Waals surface area (Å²) in [6, 6.07) is 7.30. The Kier molecular flexibility index (Phi) is 6.91. The number of carbonyl (C=O) groups excluding carboxylic acids is 2. The minimum Gasteiger partial charge on any atom is -0.464 e. The second-order valence-corrected chi connectivity index (χ2v) is 6.27. The van der Waals surface area contributed by atoms with Crippen LogP contribution in [0.2, 0.25) is 0 Å². The van der Waals surface area contributed by atoms with E-state index in [1.165, 1.54) is 18.4 Å². The number of aryl methyl sites for hydroxylation is 1. The molecule has 1 N–H and O–H groups in total. The fourth-order valence-electron chi connectivity index (χ4n) is 2.04. The minimum atomic E-state index is -0.491. The van der Waals surface area contributed by atoms with Gasteiger partial charge in [-0.2, -0.15) is 0 Å². The predicted octanol–water partition coefficient (Wildman–Crippen LogP) is 2.92. The zero-order chi connectivity index (χ0) is 18.2. The molecule has 0 fully saturated rings. The van der Waals surface area contributed by atoms with Crippen LogP contribution in [0.5, 0.6) is 0 Å². The van der Waals surface area contributed by atoms with Gasteiger partial charge < -0.3 is 19.7 Å². The number of hydrogen-bond donors (Lipinski definition) is 1. The van der Waals surface area contributed by atoms with E-state index in [-0.39, 0.29) is 18.3 Å². The maximum Gasteiger partial charge on any atom is 0.357 e. The lowest BCUT2D eigenvalue weighted by atomic mass is 10.2. The normalized spacial score (nSPS) is 10.4. The first-order valence-corrected chi connectivity index (χ1v) is 8.55. The van der Waals surface area contributed by atoms with Gasteiger partial charge in [0, 0.05) is 24.7 Å². The van der Waals surface area contributed by atoms with Crippen LogP contribution in [0.1, 0.15) is 21.1 Å². The molecule has 0 bridgehead atoms. The van der Waals surface area contributed by atoms with Crippen molar-refractivity contribution in [3.63, 3.8) is 0 Å². The Morgan fingerprint density at radius 2 is 1.96 bits per heavy atom. The molecule has 1 aromatic heterocycles. The first kappa shape index (κ1) is 18.9. The number of rotatable bonds is 7. The molecule has 25 heavy (non-hydrogen) atoms. The molecule has 2 aromatic rings. The fraction of sp³-hybridized carbons (Fsp3) is 0.353. The molecule has 0 aliphatic heterocycles. The topological polar surface area (TPSA) is 80.8 Å². The zero-order valence-corrected chi connectivity index (χ0v) is 15.3. The summed E-state index contributed by atoms with van der Waals surface area (Å²) in [4.78, 5) is 29.8. The first-order valence-electron chi connectivity index (χ1n) is 7.67. The number of benzene rings is 1.